The zero-order valence-electron chi connectivity index (χ0n) is 13.2. The maximum absolute atomic E-state index is 3.74. The molecule has 0 radical (unpaired) electrons. The van der Waals surface area contributed by atoms with Crippen molar-refractivity contribution in [1.29, 1.82) is 0 Å². The van der Waals surface area contributed by atoms with Gasteiger partial charge in [-0.1, -0.05) is 31.5 Å². The fraction of sp³-hybridized carbons (Fsp3) is 0.667. The van der Waals surface area contributed by atoms with Crippen LogP contribution >= 0.6 is 0 Å². The van der Waals surface area contributed by atoms with Crippen molar-refractivity contribution in [2.75, 3.05) is 18.0 Å². The third-order valence-corrected chi connectivity index (χ3v) is 4.75. The van der Waals surface area contributed by atoms with E-state index in [0.29, 0.717) is 12.0 Å². The third-order valence-electron chi connectivity index (χ3n) is 4.75. The molecule has 1 N–H and O–H groups in total. The number of hydrogen-bond donors (Lipinski definition) is 1. The molecule has 1 atom stereocenters. The average Bonchev–Trinajstić information content (AvgIpc) is 3.22. The van der Waals surface area contributed by atoms with Gasteiger partial charge in [0, 0.05) is 30.9 Å². The quantitative estimate of drug-likeness (QED) is 0.882. The Hall–Kier alpha value is -1.02. The van der Waals surface area contributed by atoms with Crippen molar-refractivity contribution in [3.63, 3.8) is 0 Å². The molecule has 1 fully saturated rings. The van der Waals surface area contributed by atoms with E-state index in [9.17, 15) is 0 Å². The summed E-state index contributed by atoms with van der Waals surface area (Å²) in [5.41, 5.74) is 4.43. The number of anilines is 1. The van der Waals surface area contributed by atoms with Crippen molar-refractivity contribution in [3.05, 3.63) is 29.3 Å². The molecule has 1 heterocycles. The van der Waals surface area contributed by atoms with Gasteiger partial charge in [0.2, 0.25) is 0 Å². The smallest absolute Gasteiger partial charge is 0.0437 e. The Balaban J connectivity index is 1.80. The summed E-state index contributed by atoms with van der Waals surface area (Å²) in [6.07, 6.45) is 5.29. The first-order valence-corrected chi connectivity index (χ1v) is 8.24. The van der Waals surface area contributed by atoms with E-state index in [1.807, 2.05) is 0 Å². The number of aryl methyl sites for hydroxylation is 2. The minimum Gasteiger partial charge on any atom is -0.367 e. The van der Waals surface area contributed by atoms with Gasteiger partial charge < -0.3 is 10.2 Å². The highest BCUT2D eigenvalue weighted by Crippen LogP contribution is 2.31. The lowest BCUT2D eigenvalue weighted by Gasteiger charge is -2.40. The fourth-order valence-corrected chi connectivity index (χ4v) is 3.38. The van der Waals surface area contributed by atoms with Gasteiger partial charge in [0.15, 0.2) is 0 Å². The van der Waals surface area contributed by atoms with Crippen molar-refractivity contribution < 1.29 is 0 Å². The maximum atomic E-state index is 3.74. The Morgan fingerprint density at radius 1 is 1.30 bits per heavy atom. The minimum absolute atomic E-state index is 0.623. The van der Waals surface area contributed by atoms with E-state index in [0.717, 1.165) is 12.6 Å². The van der Waals surface area contributed by atoms with Gasteiger partial charge in [-0.3, -0.25) is 0 Å². The molecule has 3 rings (SSSR count). The van der Waals surface area contributed by atoms with Crippen LogP contribution in [0.3, 0.4) is 0 Å². The zero-order valence-corrected chi connectivity index (χ0v) is 13.2. The highest BCUT2D eigenvalue weighted by atomic mass is 15.2. The van der Waals surface area contributed by atoms with Crippen LogP contribution in [0.1, 0.15) is 44.2 Å². The predicted octanol–water partition coefficient (Wildman–Crippen LogP) is 3.52. The summed E-state index contributed by atoms with van der Waals surface area (Å²) >= 11 is 0. The Kier molecular flexibility index (Phi) is 4.02. The summed E-state index contributed by atoms with van der Waals surface area (Å²) in [6, 6.07) is 8.42. The van der Waals surface area contributed by atoms with Crippen LogP contribution in [0.15, 0.2) is 18.2 Å². The molecular formula is C18H28N2. The van der Waals surface area contributed by atoms with Crippen molar-refractivity contribution in [2.24, 2.45) is 5.92 Å². The Morgan fingerprint density at radius 3 is 2.80 bits per heavy atom. The van der Waals surface area contributed by atoms with E-state index >= 15 is 0 Å². The lowest BCUT2D eigenvalue weighted by Crippen LogP contribution is -2.48. The molecule has 1 aliphatic carbocycles. The van der Waals surface area contributed by atoms with Crippen molar-refractivity contribution in [2.45, 2.75) is 58.5 Å². The third kappa shape index (κ3) is 3.01. The summed E-state index contributed by atoms with van der Waals surface area (Å²) in [7, 11) is 0. The summed E-state index contributed by atoms with van der Waals surface area (Å²) in [4.78, 5) is 2.66. The monoisotopic (exact) mass is 272 g/mol. The van der Waals surface area contributed by atoms with Crippen LogP contribution in [0.2, 0.25) is 0 Å². The molecular weight excluding hydrogens is 244 g/mol. The summed E-state index contributed by atoms with van der Waals surface area (Å²) in [5, 5.41) is 3.74. The summed E-state index contributed by atoms with van der Waals surface area (Å²) < 4.78 is 0. The van der Waals surface area contributed by atoms with Crippen LogP contribution in [0.5, 0.6) is 0 Å². The highest BCUT2D eigenvalue weighted by molar-refractivity contribution is 5.57. The molecule has 1 saturated carbocycles. The number of nitrogens with zero attached hydrogens (tertiary/aromatic N) is 1. The standard InChI is InChI=1S/C18H28N2/c1-13(2)18(12-19-16-7-8-16)20-10-4-5-15-11-14(3)6-9-17(15)20/h6,9,11,13,16,18-19H,4-5,7-8,10,12H2,1-3H3. The predicted molar refractivity (Wildman–Crippen MR) is 86.5 cm³/mol. The lowest BCUT2D eigenvalue weighted by atomic mass is 9.94. The van der Waals surface area contributed by atoms with Gasteiger partial charge in [-0.25, -0.2) is 0 Å². The Morgan fingerprint density at radius 2 is 2.10 bits per heavy atom. The van der Waals surface area contributed by atoms with Gasteiger partial charge in [0.05, 0.1) is 0 Å². The number of nitrogens with one attached hydrogen (secondary N) is 1. The molecule has 0 saturated heterocycles. The first-order valence-electron chi connectivity index (χ1n) is 8.24. The first kappa shape index (κ1) is 13.9. The molecule has 1 aromatic carbocycles. The topological polar surface area (TPSA) is 15.3 Å². The molecule has 0 amide bonds. The number of hydrogen-bond acceptors (Lipinski definition) is 2. The first-order chi connectivity index (χ1) is 9.65. The highest BCUT2D eigenvalue weighted by Gasteiger charge is 2.28. The molecule has 20 heavy (non-hydrogen) atoms. The van der Waals surface area contributed by atoms with Crippen LogP contribution < -0.4 is 10.2 Å². The van der Waals surface area contributed by atoms with Crippen molar-refractivity contribution >= 4 is 5.69 Å². The molecule has 0 spiro atoms. The number of benzene rings is 1. The molecule has 110 valence electrons. The van der Waals surface area contributed by atoms with Gasteiger partial charge in [-0.15, -0.1) is 0 Å². The van der Waals surface area contributed by atoms with Gasteiger partial charge >= 0.3 is 0 Å². The second kappa shape index (κ2) is 5.77. The Labute approximate surface area is 123 Å². The number of rotatable bonds is 5. The number of fused-ring (bicyclic) bond motifs is 1. The van der Waals surface area contributed by atoms with Crippen LogP contribution in [-0.4, -0.2) is 25.2 Å². The molecule has 2 heteroatoms. The van der Waals surface area contributed by atoms with Crippen molar-refractivity contribution in [3.8, 4) is 0 Å². The summed E-state index contributed by atoms with van der Waals surface area (Å²) in [5.74, 6) is 0.688. The maximum Gasteiger partial charge on any atom is 0.0437 e. The molecule has 0 bridgehead atoms. The normalized spacial score (nSPS) is 20.1. The van der Waals surface area contributed by atoms with E-state index in [1.54, 1.807) is 5.56 Å². The van der Waals surface area contributed by atoms with Crippen LogP contribution in [0.4, 0.5) is 5.69 Å². The van der Waals surface area contributed by atoms with Gasteiger partial charge in [-0.2, -0.15) is 0 Å². The minimum atomic E-state index is 0.623. The second-order valence-electron chi connectivity index (χ2n) is 6.92. The van der Waals surface area contributed by atoms with Gasteiger partial charge in [0.1, 0.15) is 0 Å². The van der Waals surface area contributed by atoms with E-state index in [1.165, 1.54) is 43.5 Å². The van der Waals surface area contributed by atoms with Crippen LogP contribution in [0, 0.1) is 12.8 Å². The van der Waals surface area contributed by atoms with E-state index in [4.69, 9.17) is 0 Å². The van der Waals surface area contributed by atoms with Gasteiger partial charge in [0.25, 0.3) is 0 Å². The van der Waals surface area contributed by atoms with E-state index in [2.05, 4.69) is 49.2 Å². The molecule has 0 aromatic heterocycles. The van der Waals surface area contributed by atoms with Crippen LogP contribution in [0.25, 0.3) is 0 Å². The molecule has 1 aliphatic heterocycles. The largest absolute Gasteiger partial charge is 0.367 e. The second-order valence-corrected chi connectivity index (χ2v) is 6.92. The zero-order chi connectivity index (χ0) is 14.1. The average molecular weight is 272 g/mol. The lowest BCUT2D eigenvalue weighted by molar-refractivity contribution is 0.416. The SMILES string of the molecule is Cc1ccc2c(c1)CCCN2C(CNC1CC1)C(C)C. The fourth-order valence-electron chi connectivity index (χ4n) is 3.38. The van der Waals surface area contributed by atoms with Crippen LogP contribution in [-0.2, 0) is 6.42 Å². The Bertz CT molecular complexity index is 462. The molecule has 1 aromatic rings. The molecule has 2 nitrogen and oxygen atoms in total. The van der Waals surface area contributed by atoms with Crippen molar-refractivity contribution in [1.82, 2.24) is 5.32 Å². The van der Waals surface area contributed by atoms with E-state index < -0.39 is 0 Å². The molecule has 2 aliphatic rings. The van der Waals surface area contributed by atoms with E-state index in [-0.39, 0.29) is 0 Å². The van der Waals surface area contributed by atoms with Gasteiger partial charge in [-0.05, 0) is 50.2 Å². The molecule has 1 unspecified atom stereocenters. The summed E-state index contributed by atoms with van der Waals surface area (Å²) in [6.45, 7) is 9.28.